The summed E-state index contributed by atoms with van der Waals surface area (Å²) < 4.78 is 0.997. The first kappa shape index (κ1) is 16.7. The number of thiazole rings is 1. The van der Waals surface area contributed by atoms with E-state index in [1.807, 2.05) is 5.38 Å². The van der Waals surface area contributed by atoms with Crippen molar-refractivity contribution >= 4 is 30.9 Å². The van der Waals surface area contributed by atoms with Crippen LogP contribution in [-0.2, 0) is 32.7 Å². The summed E-state index contributed by atoms with van der Waals surface area (Å²) in [4.78, 5) is 7.64. The Bertz CT molecular complexity index is 398. The maximum atomic E-state index is 9.66. The molecule has 1 N–H and O–H groups in total. The smallest absolute Gasteiger partial charge is 0.228 e. The molecule has 3 nitrogen and oxygen atoms in total. The summed E-state index contributed by atoms with van der Waals surface area (Å²) in [6, 6.07) is -0.122. The van der Waals surface area contributed by atoms with E-state index in [2.05, 4.69) is 16.0 Å². The van der Waals surface area contributed by atoms with Gasteiger partial charge in [0.05, 0.1) is 14.0 Å². The Hall–Kier alpha value is 0.599. The summed E-state index contributed by atoms with van der Waals surface area (Å²) >= 11 is 3.23. The summed E-state index contributed by atoms with van der Waals surface area (Å²) in [5, 5.41) is 11.5. The number of aromatic nitrogens is 1. The van der Waals surface area contributed by atoms with Gasteiger partial charge in [-0.25, -0.2) is 17.9 Å². The monoisotopic (exact) mass is 352 g/mol. The molecular formula is C11H12BN2OS2Y-. The van der Waals surface area contributed by atoms with Gasteiger partial charge in [-0.2, -0.15) is 11.8 Å². The van der Waals surface area contributed by atoms with E-state index in [0.717, 1.165) is 16.5 Å². The van der Waals surface area contributed by atoms with Crippen molar-refractivity contribution in [1.29, 1.82) is 0 Å². The van der Waals surface area contributed by atoms with Crippen LogP contribution in [0.1, 0.15) is 12.8 Å². The molecule has 0 amide bonds. The molecular weight excluding hydrogens is 340 g/mol. The normalized spacial score (nSPS) is 30.7. The van der Waals surface area contributed by atoms with Crippen molar-refractivity contribution < 1.29 is 37.8 Å². The van der Waals surface area contributed by atoms with E-state index < -0.39 is 6.10 Å². The van der Waals surface area contributed by atoms with Crippen LogP contribution < -0.4 is 0 Å². The third-order valence-electron chi connectivity index (χ3n) is 3.13. The Balaban J connectivity index is 0.00000162. The van der Waals surface area contributed by atoms with E-state index in [0.29, 0.717) is 6.42 Å². The van der Waals surface area contributed by atoms with Crippen LogP contribution in [0.5, 0.6) is 0 Å². The zero-order valence-corrected chi connectivity index (χ0v) is 14.3. The Morgan fingerprint density at radius 1 is 1.72 bits per heavy atom. The molecule has 1 fully saturated rings. The molecule has 1 aliphatic carbocycles. The average molecular weight is 352 g/mol. The predicted molar refractivity (Wildman–Crippen MR) is 70.3 cm³/mol. The van der Waals surface area contributed by atoms with Crippen molar-refractivity contribution in [2.24, 2.45) is 5.92 Å². The molecule has 0 saturated heterocycles. The van der Waals surface area contributed by atoms with E-state index in [4.69, 9.17) is 14.4 Å². The van der Waals surface area contributed by atoms with Gasteiger partial charge >= 0.3 is 0 Å². The summed E-state index contributed by atoms with van der Waals surface area (Å²) in [7, 11) is 5.93. The molecule has 0 spiro atoms. The first-order chi connectivity index (χ1) is 8.22. The van der Waals surface area contributed by atoms with Crippen molar-refractivity contribution in [3.8, 4) is 0 Å². The number of thioether (sulfide) groups is 1. The molecule has 0 aromatic carbocycles. The number of aliphatic hydroxyl groups is 1. The van der Waals surface area contributed by atoms with Crippen molar-refractivity contribution in [1.82, 2.24) is 4.98 Å². The molecule has 18 heavy (non-hydrogen) atoms. The van der Waals surface area contributed by atoms with E-state index >= 15 is 0 Å². The van der Waals surface area contributed by atoms with Crippen molar-refractivity contribution in [2.45, 2.75) is 35.1 Å². The maximum absolute atomic E-state index is 9.66. The molecule has 1 aliphatic rings. The van der Waals surface area contributed by atoms with Gasteiger partial charge in [-0.15, -0.1) is 6.20 Å². The predicted octanol–water partition coefficient (Wildman–Crippen LogP) is 2.05. The topological polar surface area (TPSA) is 37.5 Å². The van der Waals surface area contributed by atoms with Gasteiger partial charge in [-0.3, -0.25) is 0 Å². The molecule has 91 valence electrons. The van der Waals surface area contributed by atoms with E-state index in [9.17, 15) is 5.11 Å². The van der Waals surface area contributed by atoms with Crippen LogP contribution in [0.2, 0.25) is 5.82 Å². The van der Waals surface area contributed by atoms with Crippen molar-refractivity contribution in [2.75, 3.05) is 5.75 Å². The minimum Gasteiger partial charge on any atom is -0.437 e. The van der Waals surface area contributed by atoms with Gasteiger partial charge in [0, 0.05) is 45.0 Å². The molecule has 3 radical (unpaired) electrons. The Morgan fingerprint density at radius 2 is 2.50 bits per heavy atom. The first-order valence-electron chi connectivity index (χ1n) is 5.47. The van der Waals surface area contributed by atoms with Crippen molar-refractivity contribution in [3.63, 3.8) is 0 Å². The fourth-order valence-electron chi connectivity index (χ4n) is 2.19. The SMILES string of the molecule is [B]C1C(O)CC([N+]#[C-])C1CCSc1n[c-]cs1.[Y]. The van der Waals surface area contributed by atoms with Gasteiger partial charge < -0.3 is 14.9 Å². The van der Waals surface area contributed by atoms with Gasteiger partial charge in [0.1, 0.15) is 0 Å². The molecule has 0 aliphatic heterocycles. The molecule has 1 aromatic rings. The standard InChI is InChI=1S/C11H12BN2OS2.Y/c1-13-8-6-9(15)10(12)7(8)2-4-16-11-14-3-5-17-11;/h5,7-10,15H,2,4,6H2;/q-1;. The summed E-state index contributed by atoms with van der Waals surface area (Å²) in [5.74, 6) is 0.745. The fraction of sp³-hybridized carbons (Fsp3) is 0.636. The van der Waals surface area contributed by atoms with E-state index in [1.54, 1.807) is 23.1 Å². The summed E-state index contributed by atoms with van der Waals surface area (Å²) in [6.07, 6.45) is 3.64. The molecule has 0 bridgehead atoms. The molecule has 1 heterocycles. The van der Waals surface area contributed by atoms with Crippen molar-refractivity contribution in [3.05, 3.63) is 23.0 Å². The van der Waals surface area contributed by atoms with Crippen LogP contribution in [0.25, 0.3) is 4.85 Å². The van der Waals surface area contributed by atoms with Gasteiger partial charge in [0.15, 0.2) is 0 Å². The van der Waals surface area contributed by atoms with E-state index in [-0.39, 0.29) is 50.5 Å². The van der Waals surface area contributed by atoms with Crippen LogP contribution in [0, 0.1) is 18.7 Å². The zero-order chi connectivity index (χ0) is 12.3. The van der Waals surface area contributed by atoms with Gasteiger partial charge in [-0.1, -0.05) is 5.38 Å². The summed E-state index contributed by atoms with van der Waals surface area (Å²) in [5.41, 5.74) is 0. The third kappa shape index (κ3) is 4.05. The van der Waals surface area contributed by atoms with E-state index in [1.165, 1.54) is 0 Å². The number of aliphatic hydroxyl groups excluding tert-OH is 1. The second kappa shape index (κ2) is 8.01. The minimum absolute atomic E-state index is 0. The molecule has 2 rings (SSSR count). The fourth-order valence-corrected chi connectivity index (χ4v) is 3.85. The second-order valence-electron chi connectivity index (χ2n) is 4.12. The number of rotatable bonds is 4. The molecule has 1 saturated carbocycles. The van der Waals surface area contributed by atoms with Crippen LogP contribution in [-0.4, -0.2) is 35.8 Å². The Labute approximate surface area is 142 Å². The van der Waals surface area contributed by atoms with Crippen LogP contribution in [0.4, 0.5) is 0 Å². The minimum atomic E-state index is -0.516. The Morgan fingerprint density at radius 3 is 3.11 bits per heavy atom. The molecule has 4 atom stereocenters. The largest absolute Gasteiger partial charge is 0.437 e. The summed E-state index contributed by atoms with van der Waals surface area (Å²) in [6.45, 7) is 7.12. The van der Waals surface area contributed by atoms with Crippen LogP contribution in [0.3, 0.4) is 0 Å². The van der Waals surface area contributed by atoms with Crippen LogP contribution in [0.15, 0.2) is 9.72 Å². The van der Waals surface area contributed by atoms with Crippen LogP contribution >= 0.6 is 23.1 Å². The molecule has 1 aromatic heterocycles. The van der Waals surface area contributed by atoms with Gasteiger partial charge in [0.25, 0.3) is 0 Å². The quantitative estimate of drug-likeness (QED) is 0.512. The third-order valence-corrected chi connectivity index (χ3v) is 5.06. The molecule has 4 unspecified atom stereocenters. The second-order valence-corrected chi connectivity index (χ2v) is 6.32. The maximum Gasteiger partial charge on any atom is 0.228 e. The number of nitrogens with zero attached hydrogens (tertiary/aromatic N) is 2. The zero-order valence-electron chi connectivity index (χ0n) is 9.82. The Kier molecular flexibility index (Phi) is 7.41. The van der Waals surface area contributed by atoms with Gasteiger partial charge in [-0.05, 0) is 22.3 Å². The number of hydrogen-bond donors (Lipinski definition) is 1. The van der Waals surface area contributed by atoms with Gasteiger partial charge in [0.2, 0.25) is 6.04 Å². The molecule has 7 heteroatoms. The average Bonchev–Trinajstić information content (AvgIpc) is 2.92. The first-order valence-corrected chi connectivity index (χ1v) is 7.33. The number of hydrogen-bond acceptors (Lipinski definition) is 4.